The molecule has 2 N–H and O–H groups in total. The van der Waals surface area contributed by atoms with Crippen LogP contribution in [0.15, 0.2) is 18.2 Å². The Labute approximate surface area is 121 Å². The second-order valence-electron chi connectivity index (χ2n) is 4.33. The number of hydrogen-bond donors (Lipinski definition) is 2. The maximum atomic E-state index is 13.6. The van der Waals surface area contributed by atoms with Crippen LogP contribution >= 0.6 is 11.6 Å². The van der Waals surface area contributed by atoms with Crippen molar-refractivity contribution in [1.82, 2.24) is 4.90 Å². The van der Waals surface area contributed by atoms with E-state index in [4.69, 9.17) is 16.7 Å². The van der Waals surface area contributed by atoms with Crippen molar-refractivity contribution in [3.8, 4) is 0 Å². The number of carboxylic acids is 1. The topological polar surface area (TPSA) is 69.6 Å². The van der Waals surface area contributed by atoms with Gasteiger partial charge in [0, 0.05) is 18.1 Å². The van der Waals surface area contributed by atoms with Gasteiger partial charge in [0.25, 0.3) is 0 Å². The molecule has 0 aliphatic heterocycles. The first-order valence-corrected chi connectivity index (χ1v) is 6.46. The van der Waals surface area contributed by atoms with E-state index in [0.717, 1.165) is 6.07 Å². The molecule has 1 aromatic rings. The van der Waals surface area contributed by atoms with Gasteiger partial charge in [-0.05, 0) is 25.1 Å². The first-order chi connectivity index (χ1) is 9.35. The van der Waals surface area contributed by atoms with Crippen LogP contribution in [0.4, 0.5) is 14.9 Å². The lowest BCUT2D eigenvalue weighted by atomic mass is 10.2. The zero-order valence-corrected chi connectivity index (χ0v) is 11.9. The molecular formula is C13H16ClFN2O3. The quantitative estimate of drug-likeness (QED) is 0.878. The Morgan fingerprint density at radius 2 is 2.15 bits per heavy atom. The summed E-state index contributed by atoms with van der Waals surface area (Å²) in [4.78, 5) is 24.0. The molecule has 20 heavy (non-hydrogen) atoms. The highest BCUT2D eigenvalue weighted by atomic mass is 35.5. The van der Waals surface area contributed by atoms with Crippen molar-refractivity contribution in [2.24, 2.45) is 5.92 Å². The van der Waals surface area contributed by atoms with Gasteiger partial charge < -0.3 is 15.3 Å². The minimum absolute atomic E-state index is 0.000767. The van der Waals surface area contributed by atoms with Gasteiger partial charge >= 0.3 is 12.0 Å². The number of aliphatic carboxylic acids is 1. The fraction of sp³-hybridized carbons (Fsp3) is 0.385. The lowest BCUT2D eigenvalue weighted by Gasteiger charge is -2.23. The number of urea groups is 1. The zero-order chi connectivity index (χ0) is 15.3. The monoisotopic (exact) mass is 302 g/mol. The first-order valence-electron chi connectivity index (χ1n) is 6.09. The van der Waals surface area contributed by atoms with Crippen molar-refractivity contribution in [1.29, 1.82) is 0 Å². The van der Waals surface area contributed by atoms with E-state index in [1.807, 2.05) is 0 Å². The van der Waals surface area contributed by atoms with Crippen LogP contribution in [0.1, 0.15) is 13.8 Å². The van der Waals surface area contributed by atoms with Gasteiger partial charge in [0.05, 0.1) is 11.6 Å². The third kappa shape index (κ3) is 4.38. The van der Waals surface area contributed by atoms with Crippen LogP contribution in [-0.4, -0.2) is 35.1 Å². The van der Waals surface area contributed by atoms with Crippen LogP contribution in [0.3, 0.4) is 0 Å². The molecule has 1 unspecified atom stereocenters. The molecule has 1 atom stereocenters. The lowest BCUT2D eigenvalue weighted by molar-refractivity contribution is -0.141. The van der Waals surface area contributed by atoms with Crippen LogP contribution in [0, 0.1) is 11.7 Å². The van der Waals surface area contributed by atoms with Crippen LogP contribution in [-0.2, 0) is 4.79 Å². The molecule has 1 rings (SSSR count). The van der Waals surface area contributed by atoms with Gasteiger partial charge in [0.1, 0.15) is 5.82 Å². The van der Waals surface area contributed by atoms with E-state index in [9.17, 15) is 14.0 Å². The Kier molecular flexibility index (Phi) is 5.76. The molecule has 0 saturated heterocycles. The first kappa shape index (κ1) is 16.2. The number of anilines is 1. The van der Waals surface area contributed by atoms with Crippen molar-refractivity contribution >= 4 is 29.3 Å². The molecule has 0 aromatic heterocycles. The summed E-state index contributed by atoms with van der Waals surface area (Å²) >= 11 is 5.62. The summed E-state index contributed by atoms with van der Waals surface area (Å²) in [6.07, 6.45) is 0. The maximum absolute atomic E-state index is 13.6. The number of carbonyl (C=O) groups is 2. The molecule has 110 valence electrons. The Bertz CT molecular complexity index is 510. The fourth-order valence-electron chi connectivity index (χ4n) is 1.55. The molecule has 0 aliphatic rings. The van der Waals surface area contributed by atoms with E-state index in [0.29, 0.717) is 6.54 Å². The molecule has 7 heteroatoms. The summed E-state index contributed by atoms with van der Waals surface area (Å²) in [5, 5.41) is 11.5. The highest BCUT2D eigenvalue weighted by Gasteiger charge is 2.20. The van der Waals surface area contributed by atoms with Crippen LogP contribution in [0.5, 0.6) is 0 Å². The highest BCUT2D eigenvalue weighted by Crippen LogP contribution is 2.19. The summed E-state index contributed by atoms with van der Waals surface area (Å²) in [6.45, 7) is 3.58. The minimum Gasteiger partial charge on any atom is -0.481 e. The van der Waals surface area contributed by atoms with E-state index in [-0.39, 0.29) is 17.3 Å². The molecule has 0 bridgehead atoms. The van der Waals surface area contributed by atoms with Crippen LogP contribution in [0.25, 0.3) is 0 Å². The van der Waals surface area contributed by atoms with Crippen molar-refractivity contribution in [2.45, 2.75) is 13.8 Å². The normalized spacial score (nSPS) is 11.8. The minimum atomic E-state index is -0.992. The molecular weight excluding hydrogens is 287 g/mol. The van der Waals surface area contributed by atoms with Gasteiger partial charge in [-0.3, -0.25) is 4.79 Å². The van der Waals surface area contributed by atoms with E-state index in [1.54, 1.807) is 6.92 Å². The number of benzene rings is 1. The summed E-state index contributed by atoms with van der Waals surface area (Å²) in [7, 11) is 0. The number of hydrogen-bond acceptors (Lipinski definition) is 2. The maximum Gasteiger partial charge on any atom is 0.321 e. The van der Waals surface area contributed by atoms with E-state index in [1.165, 1.54) is 24.0 Å². The van der Waals surface area contributed by atoms with Crippen molar-refractivity contribution in [3.05, 3.63) is 29.0 Å². The second kappa shape index (κ2) is 7.09. The average Bonchev–Trinajstić information content (AvgIpc) is 2.38. The van der Waals surface area contributed by atoms with Crippen LogP contribution in [0.2, 0.25) is 5.02 Å². The molecule has 2 amide bonds. The number of nitrogens with zero attached hydrogens (tertiary/aromatic N) is 1. The summed E-state index contributed by atoms with van der Waals surface area (Å²) in [5.41, 5.74) is 0.000767. The number of carboxylic acid groups (broad SMARTS) is 1. The third-order valence-electron chi connectivity index (χ3n) is 2.76. The summed E-state index contributed by atoms with van der Waals surface area (Å²) in [5.74, 6) is -2.34. The third-order valence-corrected chi connectivity index (χ3v) is 2.99. The number of carbonyl (C=O) groups excluding carboxylic acids is 1. The Balaban J connectivity index is 2.74. The van der Waals surface area contributed by atoms with Crippen molar-refractivity contribution < 1.29 is 19.1 Å². The average molecular weight is 303 g/mol. The standard InChI is InChI=1S/C13H16ClFN2O3/c1-3-17(7-8(2)12(18)19)13(20)16-11-5-4-9(14)6-10(11)15/h4-6,8H,3,7H2,1-2H3,(H,16,20)(H,18,19). The number of amides is 2. The molecule has 0 heterocycles. The van der Waals surface area contributed by atoms with Gasteiger partial charge in [-0.25, -0.2) is 9.18 Å². The highest BCUT2D eigenvalue weighted by molar-refractivity contribution is 6.30. The molecule has 0 aliphatic carbocycles. The van der Waals surface area contributed by atoms with E-state index >= 15 is 0 Å². The predicted octanol–water partition coefficient (Wildman–Crippen LogP) is 3.05. The molecule has 0 radical (unpaired) electrons. The zero-order valence-electron chi connectivity index (χ0n) is 11.2. The molecule has 1 aromatic carbocycles. The largest absolute Gasteiger partial charge is 0.481 e. The van der Waals surface area contributed by atoms with Gasteiger partial charge in [-0.1, -0.05) is 18.5 Å². The van der Waals surface area contributed by atoms with Crippen LogP contribution < -0.4 is 5.32 Å². The van der Waals surface area contributed by atoms with Crippen molar-refractivity contribution in [3.63, 3.8) is 0 Å². The molecule has 0 fully saturated rings. The fourth-order valence-corrected chi connectivity index (χ4v) is 1.71. The van der Waals surface area contributed by atoms with E-state index < -0.39 is 23.7 Å². The number of rotatable bonds is 5. The Hall–Kier alpha value is -1.82. The smallest absolute Gasteiger partial charge is 0.321 e. The van der Waals surface area contributed by atoms with Gasteiger partial charge in [0.2, 0.25) is 0 Å². The van der Waals surface area contributed by atoms with Gasteiger partial charge in [-0.2, -0.15) is 0 Å². The van der Waals surface area contributed by atoms with E-state index in [2.05, 4.69) is 5.32 Å². The Morgan fingerprint density at radius 3 is 2.65 bits per heavy atom. The SMILES string of the molecule is CCN(CC(C)C(=O)O)C(=O)Nc1ccc(Cl)cc1F. The number of nitrogens with one attached hydrogen (secondary N) is 1. The predicted molar refractivity (Wildman–Crippen MR) is 74.5 cm³/mol. The molecule has 0 saturated carbocycles. The Morgan fingerprint density at radius 1 is 1.50 bits per heavy atom. The second-order valence-corrected chi connectivity index (χ2v) is 4.77. The lowest BCUT2D eigenvalue weighted by Crippen LogP contribution is -2.39. The van der Waals surface area contributed by atoms with Crippen molar-refractivity contribution in [2.75, 3.05) is 18.4 Å². The summed E-state index contributed by atoms with van der Waals surface area (Å²) in [6, 6.07) is 3.34. The molecule has 0 spiro atoms. The summed E-state index contributed by atoms with van der Waals surface area (Å²) < 4.78 is 13.6. The number of halogens is 2. The molecule has 5 nitrogen and oxygen atoms in total. The van der Waals surface area contributed by atoms with Gasteiger partial charge in [-0.15, -0.1) is 0 Å². The van der Waals surface area contributed by atoms with Gasteiger partial charge in [0.15, 0.2) is 0 Å².